The molecule has 0 saturated carbocycles. The Morgan fingerprint density at radius 2 is 1.83 bits per heavy atom. The van der Waals surface area contributed by atoms with Crippen LogP contribution in [-0.2, 0) is 16.1 Å². The fraction of sp³-hybridized carbons (Fsp3) is 0.185. The summed E-state index contributed by atoms with van der Waals surface area (Å²) in [7, 11) is 0. The molecule has 0 bridgehead atoms. The number of nitrogens with zero attached hydrogens (tertiary/aromatic N) is 2. The lowest BCUT2D eigenvalue weighted by Gasteiger charge is -2.11. The van der Waals surface area contributed by atoms with Crippen LogP contribution < -0.4 is 10.9 Å². The molecule has 178 valence electrons. The van der Waals surface area contributed by atoms with Crippen LogP contribution in [0.15, 0.2) is 64.1 Å². The van der Waals surface area contributed by atoms with Gasteiger partial charge in [0.1, 0.15) is 18.0 Å². The SMILES string of the molecule is CC(=O)OCc1cnc(C)c2oc(=Nc3ccc(C)c(F)c3)c(C(=O)Nc3ccc(C)cc3)cc12. The Bertz CT molecular complexity index is 1510. The number of amides is 1. The van der Waals surface area contributed by atoms with Crippen molar-refractivity contribution in [1.29, 1.82) is 0 Å². The summed E-state index contributed by atoms with van der Waals surface area (Å²) in [5, 5.41) is 3.40. The van der Waals surface area contributed by atoms with Crippen molar-refractivity contribution in [3.63, 3.8) is 0 Å². The number of nitrogens with one attached hydrogen (secondary N) is 1. The third-order valence-corrected chi connectivity index (χ3v) is 5.42. The molecule has 2 aromatic carbocycles. The molecule has 35 heavy (non-hydrogen) atoms. The highest BCUT2D eigenvalue weighted by molar-refractivity contribution is 6.05. The molecule has 8 heteroatoms. The molecule has 0 aliphatic rings. The van der Waals surface area contributed by atoms with Gasteiger partial charge in [-0.2, -0.15) is 0 Å². The lowest BCUT2D eigenvalue weighted by atomic mass is 10.1. The van der Waals surface area contributed by atoms with Crippen molar-refractivity contribution in [2.75, 3.05) is 5.32 Å². The van der Waals surface area contributed by atoms with Crippen molar-refractivity contribution in [2.45, 2.75) is 34.3 Å². The minimum absolute atomic E-state index is 0.0000916. The molecule has 0 saturated heterocycles. The van der Waals surface area contributed by atoms with Gasteiger partial charge in [-0.15, -0.1) is 0 Å². The molecule has 0 spiro atoms. The first-order valence-electron chi connectivity index (χ1n) is 11.0. The number of halogens is 1. The van der Waals surface area contributed by atoms with E-state index in [4.69, 9.17) is 9.15 Å². The molecule has 1 N–H and O–H groups in total. The normalized spacial score (nSPS) is 11.5. The van der Waals surface area contributed by atoms with Crippen molar-refractivity contribution in [3.8, 4) is 0 Å². The number of aromatic nitrogens is 1. The fourth-order valence-electron chi connectivity index (χ4n) is 3.43. The molecule has 0 atom stereocenters. The highest BCUT2D eigenvalue weighted by atomic mass is 19.1. The van der Waals surface area contributed by atoms with E-state index in [9.17, 15) is 14.0 Å². The molecule has 2 aromatic heterocycles. The maximum absolute atomic E-state index is 14.2. The summed E-state index contributed by atoms with van der Waals surface area (Å²) in [5.41, 5.74) is 4.07. The molecule has 7 nitrogen and oxygen atoms in total. The summed E-state index contributed by atoms with van der Waals surface area (Å²) in [6, 6.07) is 13.5. The van der Waals surface area contributed by atoms with E-state index in [0.29, 0.717) is 39.2 Å². The third kappa shape index (κ3) is 5.43. The highest BCUT2D eigenvalue weighted by Gasteiger charge is 2.17. The number of aryl methyl sites for hydroxylation is 3. The van der Waals surface area contributed by atoms with Gasteiger partial charge in [0.15, 0.2) is 5.58 Å². The quantitative estimate of drug-likeness (QED) is 0.390. The Balaban J connectivity index is 1.90. The van der Waals surface area contributed by atoms with Crippen LogP contribution in [-0.4, -0.2) is 16.9 Å². The first-order valence-corrected chi connectivity index (χ1v) is 11.0. The van der Waals surface area contributed by atoms with Crippen LogP contribution >= 0.6 is 0 Å². The van der Waals surface area contributed by atoms with E-state index < -0.39 is 17.7 Å². The van der Waals surface area contributed by atoms with Gasteiger partial charge in [-0.3, -0.25) is 14.6 Å². The van der Waals surface area contributed by atoms with Crippen molar-refractivity contribution in [2.24, 2.45) is 4.99 Å². The summed E-state index contributed by atoms with van der Waals surface area (Å²) in [6.45, 7) is 6.63. The molecule has 1 amide bonds. The van der Waals surface area contributed by atoms with E-state index in [1.807, 2.05) is 19.1 Å². The Kier molecular flexibility index (Phi) is 6.73. The molecule has 0 aliphatic heterocycles. The van der Waals surface area contributed by atoms with E-state index in [-0.39, 0.29) is 17.7 Å². The number of carbonyl (C=O) groups is 2. The van der Waals surface area contributed by atoms with Gasteiger partial charge in [0.05, 0.1) is 11.4 Å². The molecular weight excluding hydrogens is 449 g/mol. The van der Waals surface area contributed by atoms with Gasteiger partial charge in [-0.1, -0.05) is 23.8 Å². The number of hydrogen-bond acceptors (Lipinski definition) is 6. The topological polar surface area (TPSA) is 93.8 Å². The monoisotopic (exact) mass is 473 g/mol. The zero-order chi connectivity index (χ0) is 25.1. The molecule has 4 aromatic rings. The van der Waals surface area contributed by atoms with Crippen LogP contribution in [0.1, 0.15) is 39.7 Å². The third-order valence-electron chi connectivity index (χ3n) is 5.42. The number of benzene rings is 2. The van der Waals surface area contributed by atoms with Crippen molar-refractivity contribution in [1.82, 2.24) is 4.98 Å². The number of ether oxygens (including phenoxy) is 1. The van der Waals surface area contributed by atoms with Crippen LogP contribution in [0.4, 0.5) is 15.8 Å². The maximum Gasteiger partial charge on any atom is 0.302 e. The second kappa shape index (κ2) is 9.89. The van der Waals surface area contributed by atoms with Crippen LogP contribution in [0.3, 0.4) is 0 Å². The highest BCUT2D eigenvalue weighted by Crippen LogP contribution is 2.23. The predicted octanol–water partition coefficient (Wildman–Crippen LogP) is 5.44. The molecule has 0 unspecified atom stereocenters. The minimum Gasteiger partial charge on any atom is -0.461 e. The average molecular weight is 474 g/mol. The molecule has 4 rings (SSSR count). The number of rotatable bonds is 5. The van der Waals surface area contributed by atoms with Crippen LogP contribution in [0.5, 0.6) is 0 Å². The Labute approximate surface area is 201 Å². The van der Waals surface area contributed by atoms with Crippen molar-refractivity contribution in [3.05, 3.63) is 94.0 Å². The van der Waals surface area contributed by atoms with Gasteiger partial charge in [0.2, 0.25) is 5.55 Å². The van der Waals surface area contributed by atoms with E-state index in [2.05, 4.69) is 15.3 Å². The molecular formula is C27H24FN3O4. The zero-order valence-corrected chi connectivity index (χ0v) is 19.8. The maximum atomic E-state index is 14.2. The number of esters is 1. The van der Waals surface area contributed by atoms with Gasteiger partial charge in [-0.05, 0) is 56.7 Å². The van der Waals surface area contributed by atoms with Crippen molar-refractivity contribution < 1.29 is 23.1 Å². The average Bonchev–Trinajstić information content (AvgIpc) is 2.82. The first kappa shape index (κ1) is 23.8. The summed E-state index contributed by atoms with van der Waals surface area (Å²) in [6.07, 6.45) is 1.57. The van der Waals surface area contributed by atoms with Crippen LogP contribution in [0.2, 0.25) is 0 Å². The van der Waals surface area contributed by atoms with Gasteiger partial charge < -0.3 is 14.5 Å². The lowest BCUT2D eigenvalue weighted by Crippen LogP contribution is -2.22. The fourth-order valence-corrected chi connectivity index (χ4v) is 3.43. The Hall–Kier alpha value is -4.33. The number of hydrogen-bond donors (Lipinski definition) is 1. The largest absolute Gasteiger partial charge is 0.461 e. The summed E-state index contributed by atoms with van der Waals surface area (Å²) in [4.78, 5) is 33.4. The summed E-state index contributed by atoms with van der Waals surface area (Å²) < 4.78 is 25.4. The van der Waals surface area contributed by atoms with E-state index in [1.54, 1.807) is 50.4 Å². The second-order valence-corrected chi connectivity index (χ2v) is 8.22. The van der Waals surface area contributed by atoms with E-state index in [1.165, 1.54) is 13.0 Å². The van der Waals surface area contributed by atoms with Crippen molar-refractivity contribution >= 4 is 34.2 Å². The number of anilines is 1. The zero-order valence-electron chi connectivity index (χ0n) is 19.8. The van der Waals surface area contributed by atoms with Gasteiger partial charge >= 0.3 is 5.97 Å². The molecule has 0 fully saturated rings. The standard InChI is InChI=1S/C27H24FN3O4/c1-15-5-8-20(9-6-15)30-26(33)23-12-22-19(14-34-18(4)32)13-29-17(3)25(22)35-27(23)31-21-10-7-16(2)24(28)11-21/h5-13H,14H2,1-4H3,(H,30,33). The van der Waals surface area contributed by atoms with E-state index >= 15 is 0 Å². The van der Waals surface area contributed by atoms with Gasteiger partial charge in [0.25, 0.3) is 5.91 Å². The Morgan fingerprint density at radius 1 is 1.09 bits per heavy atom. The van der Waals surface area contributed by atoms with E-state index in [0.717, 1.165) is 5.56 Å². The molecule has 0 aliphatic carbocycles. The van der Waals surface area contributed by atoms with Crippen LogP contribution in [0.25, 0.3) is 11.0 Å². The smallest absolute Gasteiger partial charge is 0.302 e. The Morgan fingerprint density at radius 3 is 2.51 bits per heavy atom. The van der Waals surface area contributed by atoms with Crippen LogP contribution in [0, 0.1) is 26.6 Å². The molecule has 0 radical (unpaired) electrons. The second-order valence-electron chi connectivity index (χ2n) is 8.22. The first-order chi connectivity index (χ1) is 16.7. The number of fused-ring (bicyclic) bond motifs is 1. The predicted molar refractivity (Wildman–Crippen MR) is 130 cm³/mol. The van der Waals surface area contributed by atoms with Gasteiger partial charge in [0, 0.05) is 29.8 Å². The summed E-state index contributed by atoms with van der Waals surface area (Å²) >= 11 is 0. The minimum atomic E-state index is -0.460. The number of carbonyl (C=O) groups excluding carboxylic acids is 2. The molecule has 2 heterocycles. The summed E-state index contributed by atoms with van der Waals surface area (Å²) in [5.74, 6) is -1.32. The number of pyridine rings is 1. The lowest BCUT2D eigenvalue weighted by molar-refractivity contribution is -0.142. The van der Waals surface area contributed by atoms with Gasteiger partial charge in [-0.25, -0.2) is 9.38 Å².